The van der Waals surface area contributed by atoms with Crippen molar-refractivity contribution in [3.05, 3.63) is 53.6 Å². The predicted octanol–water partition coefficient (Wildman–Crippen LogP) is 4.30. The van der Waals surface area contributed by atoms with Gasteiger partial charge in [-0.2, -0.15) is 0 Å². The summed E-state index contributed by atoms with van der Waals surface area (Å²) in [6, 6.07) is 14.3. The Labute approximate surface area is 158 Å². The number of hydrogen-bond donors (Lipinski definition) is 1. The average Bonchev–Trinajstić information content (AvgIpc) is 3.16. The zero-order valence-electron chi connectivity index (χ0n) is 14.6. The van der Waals surface area contributed by atoms with Crippen LogP contribution in [-0.2, 0) is 9.53 Å². The molecule has 1 fully saturated rings. The fraction of sp³-hybridized carbons (Fsp3) is 0.350. The molecule has 6 heteroatoms. The van der Waals surface area contributed by atoms with Crippen molar-refractivity contribution < 1.29 is 19.0 Å². The molecule has 0 unspecified atom stereocenters. The summed E-state index contributed by atoms with van der Waals surface area (Å²) >= 11 is 6.05. The van der Waals surface area contributed by atoms with E-state index in [1.807, 2.05) is 18.2 Å². The van der Waals surface area contributed by atoms with Crippen LogP contribution in [0, 0.1) is 0 Å². The monoisotopic (exact) mass is 375 g/mol. The molecule has 2 aromatic carbocycles. The van der Waals surface area contributed by atoms with Crippen LogP contribution >= 0.6 is 11.6 Å². The van der Waals surface area contributed by atoms with Crippen molar-refractivity contribution in [2.45, 2.75) is 32.0 Å². The molecule has 2 aromatic rings. The molecule has 0 spiro atoms. The van der Waals surface area contributed by atoms with Gasteiger partial charge in [0.05, 0.1) is 11.1 Å². The van der Waals surface area contributed by atoms with Crippen molar-refractivity contribution in [1.82, 2.24) is 0 Å². The van der Waals surface area contributed by atoms with Crippen LogP contribution in [0.25, 0.3) is 0 Å². The molecule has 1 heterocycles. The third kappa shape index (κ3) is 5.13. The number of ether oxygens (including phenoxy) is 3. The first-order valence-corrected chi connectivity index (χ1v) is 9.06. The van der Waals surface area contributed by atoms with Crippen LogP contribution in [0.5, 0.6) is 11.5 Å². The number of nitrogens with one attached hydrogen (secondary N) is 1. The van der Waals surface area contributed by atoms with Crippen molar-refractivity contribution in [2.75, 3.05) is 18.5 Å². The maximum Gasteiger partial charge on any atom is 0.265 e. The van der Waals surface area contributed by atoms with Crippen LogP contribution in [0.3, 0.4) is 0 Å². The second-order valence-electron chi connectivity index (χ2n) is 6.15. The van der Waals surface area contributed by atoms with Crippen LogP contribution < -0.4 is 14.8 Å². The van der Waals surface area contributed by atoms with Gasteiger partial charge in [0.15, 0.2) is 6.10 Å². The van der Waals surface area contributed by atoms with Crippen LogP contribution in [-0.4, -0.2) is 31.3 Å². The third-order valence-corrected chi connectivity index (χ3v) is 4.40. The molecule has 26 heavy (non-hydrogen) atoms. The van der Waals surface area contributed by atoms with Gasteiger partial charge in [0, 0.05) is 12.3 Å². The first-order chi connectivity index (χ1) is 12.6. The van der Waals surface area contributed by atoms with E-state index in [-0.39, 0.29) is 12.0 Å². The number of hydrogen-bond acceptors (Lipinski definition) is 4. The average molecular weight is 376 g/mol. The predicted molar refractivity (Wildman–Crippen MR) is 101 cm³/mol. The lowest BCUT2D eigenvalue weighted by molar-refractivity contribution is -0.122. The molecule has 3 rings (SSSR count). The number of para-hydroxylation sites is 1. The van der Waals surface area contributed by atoms with Gasteiger partial charge in [-0.25, -0.2) is 0 Å². The molecule has 0 bridgehead atoms. The highest BCUT2D eigenvalue weighted by Gasteiger charge is 2.17. The summed E-state index contributed by atoms with van der Waals surface area (Å²) in [5, 5.41) is 3.29. The van der Waals surface area contributed by atoms with Crippen LogP contribution in [0.15, 0.2) is 48.5 Å². The Balaban J connectivity index is 1.49. The molecule has 0 saturated carbocycles. The molecular formula is C20H22ClNO4. The summed E-state index contributed by atoms with van der Waals surface area (Å²) in [6.45, 7) is 3.04. The number of carbonyl (C=O) groups is 1. The van der Waals surface area contributed by atoms with Gasteiger partial charge >= 0.3 is 0 Å². The molecule has 1 saturated heterocycles. The van der Waals surface area contributed by atoms with Crippen LogP contribution in [0.4, 0.5) is 5.69 Å². The lowest BCUT2D eigenvalue weighted by Crippen LogP contribution is -2.30. The molecule has 2 atom stereocenters. The number of amides is 1. The van der Waals surface area contributed by atoms with Gasteiger partial charge in [-0.1, -0.05) is 23.7 Å². The Morgan fingerprint density at radius 2 is 2.04 bits per heavy atom. The largest absolute Gasteiger partial charge is 0.491 e. The number of benzene rings is 2. The first-order valence-electron chi connectivity index (χ1n) is 8.68. The summed E-state index contributed by atoms with van der Waals surface area (Å²) in [4.78, 5) is 12.3. The normalized spacial score (nSPS) is 17.5. The minimum Gasteiger partial charge on any atom is -0.491 e. The molecule has 0 radical (unpaired) electrons. The zero-order valence-corrected chi connectivity index (χ0v) is 15.4. The summed E-state index contributed by atoms with van der Waals surface area (Å²) in [5.74, 6) is 0.978. The minimum absolute atomic E-state index is 0.178. The number of halogens is 1. The second kappa shape index (κ2) is 8.92. The highest BCUT2D eigenvalue weighted by Crippen LogP contribution is 2.24. The minimum atomic E-state index is -0.676. The molecule has 5 nitrogen and oxygen atoms in total. The summed E-state index contributed by atoms with van der Waals surface area (Å²) < 4.78 is 16.9. The van der Waals surface area contributed by atoms with E-state index in [1.54, 1.807) is 37.3 Å². The van der Waals surface area contributed by atoms with E-state index in [0.717, 1.165) is 25.2 Å². The summed E-state index contributed by atoms with van der Waals surface area (Å²) in [7, 11) is 0. The van der Waals surface area contributed by atoms with Crippen molar-refractivity contribution in [1.29, 1.82) is 0 Å². The smallest absolute Gasteiger partial charge is 0.265 e. The van der Waals surface area contributed by atoms with Gasteiger partial charge in [-0.05, 0) is 56.2 Å². The lowest BCUT2D eigenvalue weighted by Gasteiger charge is -2.16. The number of carbonyl (C=O) groups excluding carboxylic acids is 1. The molecule has 0 aromatic heterocycles. The number of anilines is 1. The first kappa shape index (κ1) is 18.5. The van der Waals surface area contributed by atoms with E-state index in [0.29, 0.717) is 23.1 Å². The van der Waals surface area contributed by atoms with Gasteiger partial charge in [-0.3, -0.25) is 4.79 Å². The van der Waals surface area contributed by atoms with Gasteiger partial charge in [0.2, 0.25) is 0 Å². The Morgan fingerprint density at radius 3 is 2.73 bits per heavy atom. The quantitative estimate of drug-likeness (QED) is 0.783. The Bertz CT molecular complexity index is 729. The fourth-order valence-electron chi connectivity index (χ4n) is 2.63. The fourth-order valence-corrected chi connectivity index (χ4v) is 2.81. The number of rotatable bonds is 7. The van der Waals surface area contributed by atoms with E-state index in [9.17, 15) is 4.79 Å². The summed E-state index contributed by atoms with van der Waals surface area (Å²) in [6.07, 6.45) is 1.63. The van der Waals surface area contributed by atoms with Gasteiger partial charge in [0.25, 0.3) is 5.91 Å². The second-order valence-corrected chi connectivity index (χ2v) is 6.56. The highest BCUT2D eigenvalue weighted by atomic mass is 35.5. The molecule has 1 amide bonds. The van der Waals surface area contributed by atoms with E-state index >= 15 is 0 Å². The van der Waals surface area contributed by atoms with Crippen LogP contribution in [0.1, 0.15) is 19.8 Å². The van der Waals surface area contributed by atoms with Gasteiger partial charge in [-0.15, -0.1) is 0 Å². The van der Waals surface area contributed by atoms with E-state index in [4.69, 9.17) is 25.8 Å². The Kier molecular flexibility index (Phi) is 6.36. The van der Waals surface area contributed by atoms with E-state index < -0.39 is 6.10 Å². The molecule has 1 aliphatic rings. The Morgan fingerprint density at radius 1 is 1.27 bits per heavy atom. The maximum atomic E-state index is 12.3. The SMILES string of the molecule is C[C@@H](Oc1ccccc1Cl)C(=O)Nc1ccc(OC[C@H]2CCCO2)cc1. The van der Waals surface area contributed by atoms with E-state index in [2.05, 4.69) is 5.32 Å². The standard InChI is InChI=1S/C20H22ClNO4/c1-14(26-19-7-3-2-6-18(19)21)20(23)22-15-8-10-16(11-9-15)25-13-17-5-4-12-24-17/h2-3,6-11,14,17H,4-5,12-13H2,1H3,(H,22,23)/t14-,17-/m1/s1. The maximum absolute atomic E-state index is 12.3. The molecule has 138 valence electrons. The molecular weight excluding hydrogens is 354 g/mol. The van der Waals surface area contributed by atoms with Crippen LogP contribution in [0.2, 0.25) is 5.02 Å². The van der Waals surface area contributed by atoms with Gasteiger partial charge in [0.1, 0.15) is 18.1 Å². The van der Waals surface area contributed by atoms with E-state index in [1.165, 1.54) is 0 Å². The highest BCUT2D eigenvalue weighted by molar-refractivity contribution is 6.32. The van der Waals surface area contributed by atoms with Crippen molar-refractivity contribution in [3.63, 3.8) is 0 Å². The third-order valence-electron chi connectivity index (χ3n) is 4.09. The Hall–Kier alpha value is -2.24. The molecule has 1 aliphatic heterocycles. The van der Waals surface area contributed by atoms with Crippen molar-refractivity contribution >= 4 is 23.2 Å². The topological polar surface area (TPSA) is 56.8 Å². The zero-order chi connectivity index (χ0) is 18.4. The molecule has 1 N–H and O–H groups in total. The van der Waals surface area contributed by atoms with Gasteiger partial charge < -0.3 is 19.5 Å². The lowest BCUT2D eigenvalue weighted by atomic mass is 10.2. The summed E-state index contributed by atoms with van der Waals surface area (Å²) in [5.41, 5.74) is 0.675. The molecule has 0 aliphatic carbocycles. The van der Waals surface area contributed by atoms with Crippen molar-refractivity contribution in [3.8, 4) is 11.5 Å². The van der Waals surface area contributed by atoms with Crippen molar-refractivity contribution in [2.24, 2.45) is 0 Å².